The number of carboxylic acids is 2. The molecule has 36 nitrogen and oxygen atoms in total. The van der Waals surface area contributed by atoms with Crippen LogP contribution in [0.2, 0.25) is 0 Å². The number of phenols is 18. The summed E-state index contributed by atoms with van der Waals surface area (Å²) in [4.78, 5) is 122. The molecular weight excluding hydrogens is 1400 g/mol. The Balaban J connectivity index is 1.03. The highest BCUT2D eigenvalue weighted by atomic mass is 16.6. The Morgan fingerprint density at radius 1 is 0.229 bits per heavy atom. The van der Waals surface area contributed by atoms with Crippen LogP contribution in [0, 0.1) is 0 Å². The van der Waals surface area contributed by atoms with Crippen LogP contribution in [0.15, 0.2) is 133 Å². The Hall–Kier alpha value is -16.2. The maximum absolute atomic E-state index is 14.4. The van der Waals surface area contributed by atoms with E-state index in [0.29, 0.717) is 84.9 Å². The van der Waals surface area contributed by atoms with Crippen molar-refractivity contribution in [3.63, 3.8) is 0 Å². The van der Waals surface area contributed by atoms with Gasteiger partial charge in [-0.05, 0) is 126 Å². The summed E-state index contributed by atoms with van der Waals surface area (Å²) in [6, 6.07) is 16.2. The first kappa shape index (κ1) is 71.6. The van der Waals surface area contributed by atoms with Gasteiger partial charge in [0.25, 0.3) is 0 Å². The van der Waals surface area contributed by atoms with Crippen LogP contribution in [-0.2, 0) is 0 Å². The second-order valence-electron chi connectivity index (χ2n) is 21.5. The number of hydrogen-bond donors (Lipinski definition) is 20. The summed E-state index contributed by atoms with van der Waals surface area (Å²) in [5, 5.41) is 211. The van der Waals surface area contributed by atoms with E-state index >= 15 is 0 Å². The van der Waals surface area contributed by atoms with Crippen LogP contribution in [0.3, 0.4) is 0 Å². The van der Waals surface area contributed by atoms with Crippen LogP contribution >= 0.6 is 0 Å². The minimum absolute atomic E-state index is 0.202. The standard InChI is InChI=1S/C69H42O36/c70-35-9-26(10-36(71)51(35)80)64(93)100-45-17-28(13-39(74)53(45)82)66(95)102-47-19-30(15-41(76)55(47)84)68(97)104-59-49(33(61(88)89)21-43(78)57(59)86)24-6-25(8-32(7-24)99-63(92)23-4-2-1-3-5-23)50-34(62(90)91)22-44(79)58(87)60(50)105-69(98)31-16-42(77)56(85)48(20-31)103-67(96)29-14-40(75)54(83)46(18-29)101-65(94)27-11-37(72)52(81)38(73)12-27/h1-22,70-87H,(H,88,89)(H,90,91). The topological polar surface area (TPSA) is 623 Å². The van der Waals surface area contributed by atoms with Crippen LogP contribution in [0.5, 0.6) is 144 Å². The van der Waals surface area contributed by atoms with E-state index in [1.807, 2.05) is 0 Å². The predicted octanol–water partition coefficient (Wildman–Crippen LogP) is 7.65. The van der Waals surface area contributed by atoms with Gasteiger partial charge >= 0.3 is 53.7 Å². The lowest BCUT2D eigenvalue weighted by Crippen LogP contribution is -2.14. The molecule has 0 aliphatic rings. The summed E-state index contributed by atoms with van der Waals surface area (Å²) in [5.74, 6) is -44.9. The number of carbonyl (C=O) groups is 9. The largest absolute Gasteiger partial charge is 0.504 e. The number of ether oxygens (including phenoxy) is 7. The van der Waals surface area contributed by atoms with E-state index in [4.69, 9.17) is 33.2 Å². The first-order valence-corrected chi connectivity index (χ1v) is 28.6. The molecule has 0 heterocycles. The number of aromatic carboxylic acids is 2. The molecule has 0 saturated carbocycles. The second kappa shape index (κ2) is 28.0. The molecule has 105 heavy (non-hydrogen) atoms. The summed E-state index contributed by atoms with van der Waals surface area (Å²) in [7, 11) is 0. The number of rotatable bonds is 18. The van der Waals surface area contributed by atoms with Gasteiger partial charge in [0.15, 0.2) is 103 Å². The smallest absolute Gasteiger partial charge is 0.343 e. The van der Waals surface area contributed by atoms with Crippen molar-refractivity contribution in [3.05, 3.63) is 184 Å². The van der Waals surface area contributed by atoms with Crippen molar-refractivity contribution in [2.45, 2.75) is 0 Å². The maximum Gasteiger partial charge on any atom is 0.343 e. The van der Waals surface area contributed by atoms with Crippen molar-refractivity contribution in [1.82, 2.24) is 0 Å². The van der Waals surface area contributed by atoms with Crippen LogP contribution in [0.1, 0.15) is 93.2 Å². The first-order valence-electron chi connectivity index (χ1n) is 28.6. The van der Waals surface area contributed by atoms with Crippen molar-refractivity contribution in [2.24, 2.45) is 0 Å². The highest BCUT2D eigenvalue weighted by Gasteiger charge is 2.34. The summed E-state index contributed by atoms with van der Waals surface area (Å²) < 4.78 is 36.9. The number of carboxylic acid groups (broad SMARTS) is 2. The van der Waals surface area contributed by atoms with Gasteiger partial charge < -0.3 is 135 Å². The lowest BCUT2D eigenvalue weighted by atomic mass is 9.91. The predicted molar refractivity (Wildman–Crippen MR) is 341 cm³/mol. The van der Waals surface area contributed by atoms with Gasteiger partial charge in [0.05, 0.1) is 50.1 Å². The lowest BCUT2D eigenvalue weighted by molar-refractivity contribution is 0.0683. The fourth-order valence-corrected chi connectivity index (χ4v) is 9.60. The van der Waals surface area contributed by atoms with Crippen LogP contribution in [0.25, 0.3) is 22.3 Å². The minimum atomic E-state index is -2.05. The molecule has 0 atom stereocenters. The zero-order valence-electron chi connectivity index (χ0n) is 51.7. The third-order valence-corrected chi connectivity index (χ3v) is 14.6. The van der Waals surface area contributed by atoms with Crippen molar-refractivity contribution in [3.8, 4) is 166 Å². The molecule has 0 fully saturated rings. The Morgan fingerprint density at radius 3 is 0.743 bits per heavy atom. The van der Waals surface area contributed by atoms with Gasteiger partial charge in [0.1, 0.15) is 5.75 Å². The van der Waals surface area contributed by atoms with E-state index in [1.165, 1.54) is 30.3 Å². The molecule has 0 saturated heterocycles. The van der Waals surface area contributed by atoms with E-state index < -0.39 is 264 Å². The molecule has 20 N–H and O–H groups in total. The second-order valence-corrected chi connectivity index (χ2v) is 21.5. The number of benzene rings is 10. The van der Waals surface area contributed by atoms with E-state index in [1.54, 1.807) is 0 Å². The van der Waals surface area contributed by atoms with Crippen molar-refractivity contribution < 1.29 is 178 Å². The van der Waals surface area contributed by atoms with Gasteiger partial charge in [-0.25, -0.2) is 43.2 Å². The monoisotopic (exact) mass is 1450 g/mol. The van der Waals surface area contributed by atoms with Crippen molar-refractivity contribution >= 4 is 53.7 Å². The molecule has 10 rings (SSSR count). The third kappa shape index (κ3) is 14.4. The summed E-state index contributed by atoms with van der Waals surface area (Å²) >= 11 is 0. The minimum Gasteiger partial charge on any atom is -0.504 e. The fourth-order valence-electron chi connectivity index (χ4n) is 9.60. The molecular formula is C69H42O36. The van der Waals surface area contributed by atoms with Gasteiger partial charge in [-0.3, -0.25) is 0 Å². The quantitative estimate of drug-likeness (QED) is 0.0223. The number of esters is 7. The van der Waals surface area contributed by atoms with Gasteiger partial charge in [0, 0.05) is 11.1 Å². The Kier molecular flexibility index (Phi) is 19.1. The molecule has 0 spiro atoms. The fraction of sp³-hybridized carbons (Fsp3) is 0. The van der Waals surface area contributed by atoms with E-state index in [2.05, 4.69) is 0 Å². The maximum atomic E-state index is 14.4. The van der Waals surface area contributed by atoms with Crippen molar-refractivity contribution in [1.29, 1.82) is 0 Å². The molecule has 0 amide bonds. The van der Waals surface area contributed by atoms with Crippen molar-refractivity contribution in [2.75, 3.05) is 0 Å². The zero-order chi connectivity index (χ0) is 76.6. The molecule has 0 unspecified atom stereocenters. The summed E-state index contributed by atoms with van der Waals surface area (Å²) in [5.41, 5.74) is -11.1. The molecule has 0 radical (unpaired) electrons. The molecule has 0 bridgehead atoms. The summed E-state index contributed by atoms with van der Waals surface area (Å²) in [6.07, 6.45) is 0. The molecule has 36 heteroatoms. The molecule has 534 valence electrons. The number of aromatic hydroxyl groups is 18. The third-order valence-electron chi connectivity index (χ3n) is 14.6. The Morgan fingerprint density at radius 2 is 0.467 bits per heavy atom. The number of carbonyl (C=O) groups excluding carboxylic acids is 7. The van der Waals surface area contributed by atoms with Gasteiger partial charge in [0.2, 0.25) is 34.5 Å². The average molecular weight is 1450 g/mol. The SMILES string of the molecule is O=C(Oc1cc(-c2c(C(=O)O)cc(O)c(O)c2OC(=O)c2cc(O)c(O)c(OC(=O)c3cc(O)c(O)c(OC(=O)c4cc(O)c(O)c(O)c4)c3)c2)cc(-c2c(C(=O)O)cc(O)c(O)c2OC(=O)c2cc(O)c(O)c(OC(=O)c3cc(O)c(O)c(OC(=O)c4cc(O)c(O)c(O)c4)c3)c2)c1)c1ccccc1. The van der Waals surface area contributed by atoms with Crippen LogP contribution < -0.4 is 33.2 Å². The average Bonchev–Trinajstić information content (AvgIpc) is 0.758. The van der Waals surface area contributed by atoms with Crippen LogP contribution in [0.4, 0.5) is 0 Å². The van der Waals surface area contributed by atoms with E-state index in [0.717, 1.165) is 18.2 Å². The molecule has 10 aromatic carbocycles. The van der Waals surface area contributed by atoms with E-state index in [9.17, 15) is 145 Å². The normalized spacial score (nSPS) is 10.8. The lowest BCUT2D eigenvalue weighted by Gasteiger charge is -2.20. The van der Waals surface area contributed by atoms with E-state index in [-0.39, 0.29) is 5.56 Å². The van der Waals surface area contributed by atoms with Gasteiger partial charge in [-0.1, -0.05) is 18.2 Å². The highest BCUT2D eigenvalue weighted by molar-refractivity contribution is 6.06. The van der Waals surface area contributed by atoms with Crippen LogP contribution in [-0.4, -0.2) is 156 Å². The summed E-state index contributed by atoms with van der Waals surface area (Å²) in [6.45, 7) is 0. The first-order chi connectivity index (χ1) is 49.5. The molecule has 0 aliphatic heterocycles. The number of hydrogen-bond acceptors (Lipinski definition) is 34. The Bertz CT molecular complexity index is 5080. The number of phenolic OH excluding ortho intramolecular Hbond substituents is 18. The zero-order valence-corrected chi connectivity index (χ0v) is 51.7. The van der Waals surface area contributed by atoms with Gasteiger partial charge in [-0.15, -0.1) is 0 Å². The Labute approximate surface area is 579 Å². The molecule has 0 aliphatic carbocycles. The molecule has 10 aromatic rings. The van der Waals surface area contributed by atoms with Gasteiger partial charge in [-0.2, -0.15) is 0 Å². The molecule has 0 aromatic heterocycles. The highest BCUT2D eigenvalue weighted by Crippen LogP contribution is 2.53.